The average Bonchev–Trinajstić information content (AvgIpc) is 3.07. The van der Waals surface area contributed by atoms with Crippen molar-refractivity contribution in [2.45, 2.75) is 51.1 Å². The summed E-state index contributed by atoms with van der Waals surface area (Å²) in [5.41, 5.74) is 0.662. The zero-order chi connectivity index (χ0) is 19.9. The number of rotatable bonds is 4. The van der Waals surface area contributed by atoms with Crippen LogP contribution >= 0.6 is 0 Å². The van der Waals surface area contributed by atoms with Gasteiger partial charge < -0.3 is 5.32 Å². The Hall–Kier alpha value is -2.00. The minimum atomic E-state index is -3.14. The van der Waals surface area contributed by atoms with Gasteiger partial charge in [0.2, 0.25) is 16.0 Å². The van der Waals surface area contributed by atoms with E-state index >= 15 is 0 Å². The maximum absolute atomic E-state index is 12.6. The Labute approximate surface area is 165 Å². The molecule has 0 bridgehead atoms. The first kappa shape index (κ1) is 19.3. The fourth-order valence-electron chi connectivity index (χ4n) is 4.45. The summed E-state index contributed by atoms with van der Waals surface area (Å²) in [6.07, 6.45) is 7.66. The standard InChI is InChI=1S/C19H27N5O3S/c1-13-4-3-5-16(13)24-17(25)7-6-14-12-20-19(22-18(14)24)21-15-8-10-23(11-9-15)28(2,26)27/h6-7,12-13,15-16H,3-5,8-11H2,1-2H3,(H,20,21,22)/t13-,16+/m0/s1. The highest BCUT2D eigenvalue weighted by atomic mass is 32.2. The molecule has 8 nitrogen and oxygen atoms in total. The number of anilines is 1. The quantitative estimate of drug-likeness (QED) is 0.835. The predicted molar refractivity (Wildman–Crippen MR) is 109 cm³/mol. The number of sulfonamides is 1. The highest BCUT2D eigenvalue weighted by Gasteiger charge is 2.28. The molecule has 0 aromatic carbocycles. The van der Waals surface area contributed by atoms with Crippen molar-refractivity contribution in [3.8, 4) is 0 Å². The Kier molecular flexibility index (Phi) is 5.13. The molecule has 2 fully saturated rings. The zero-order valence-corrected chi connectivity index (χ0v) is 17.2. The molecule has 2 aromatic rings. The number of hydrogen-bond donors (Lipinski definition) is 1. The van der Waals surface area contributed by atoms with Crippen LogP contribution in [0.5, 0.6) is 0 Å². The van der Waals surface area contributed by atoms with Gasteiger partial charge in [0.25, 0.3) is 5.56 Å². The highest BCUT2D eigenvalue weighted by Crippen LogP contribution is 2.35. The number of fused-ring (bicyclic) bond motifs is 1. The molecule has 1 aliphatic carbocycles. The molecule has 9 heteroatoms. The monoisotopic (exact) mass is 405 g/mol. The Morgan fingerprint density at radius 1 is 1.14 bits per heavy atom. The molecule has 0 unspecified atom stereocenters. The van der Waals surface area contributed by atoms with Gasteiger partial charge in [-0.15, -0.1) is 0 Å². The summed E-state index contributed by atoms with van der Waals surface area (Å²) in [5, 5.41) is 4.19. The zero-order valence-electron chi connectivity index (χ0n) is 16.3. The Morgan fingerprint density at radius 2 is 1.89 bits per heavy atom. The van der Waals surface area contributed by atoms with E-state index < -0.39 is 10.0 Å². The van der Waals surface area contributed by atoms with Gasteiger partial charge in [0.15, 0.2) is 0 Å². The van der Waals surface area contributed by atoms with Crippen molar-refractivity contribution in [2.24, 2.45) is 5.92 Å². The molecule has 28 heavy (non-hydrogen) atoms. The Balaban J connectivity index is 1.59. The van der Waals surface area contributed by atoms with Crippen molar-refractivity contribution in [1.29, 1.82) is 0 Å². The van der Waals surface area contributed by atoms with Crippen LogP contribution in [0, 0.1) is 5.92 Å². The van der Waals surface area contributed by atoms with Gasteiger partial charge in [0, 0.05) is 42.8 Å². The van der Waals surface area contributed by atoms with Gasteiger partial charge in [0.1, 0.15) is 5.65 Å². The van der Waals surface area contributed by atoms with Crippen molar-refractivity contribution in [1.82, 2.24) is 18.8 Å². The average molecular weight is 406 g/mol. The molecule has 4 rings (SSSR count). The molecule has 0 amide bonds. The molecule has 2 atom stereocenters. The summed E-state index contributed by atoms with van der Waals surface area (Å²) in [7, 11) is -3.14. The lowest BCUT2D eigenvalue weighted by molar-refractivity contribution is 0.331. The van der Waals surface area contributed by atoms with Crippen LogP contribution in [-0.4, -0.2) is 52.6 Å². The van der Waals surface area contributed by atoms with Crippen LogP contribution in [0.4, 0.5) is 5.95 Å². The van der Waals surface area contributed by atoms with E-state index in [2.05, 4.69) is 22.2 Å². The molecule has 152 valence electrons. The molecule has 2 aliphatic rings. The number of hydrogen-bond acceptors (Lipinski definition) is 6. The third kappa shape index (κ3) is 3.77. The Morgan fingerprint density at radius 3 is 2.54 bits per heavy atom. The molecular weight excluding hydrogens is 378 g/mol. The van der Waals surface area contributed by atoms with Gasteiger partial charge in [-0.1, -0.05) is 13.3 Å². The van der Waals surface area contributed by atoms with Gasteiger partial charge >= 0.3 is 0 Å². The van der Waals surface area contributed by atoms with E-state index in [0.29, 0.717) is 43.4 Å². The summed E-state index contributed by atoms with van der Waals surface area (Å²) >= 11 is 0. The van der Waals surface area contributed by atoms with Crippen LogP contribution in [0.2, 0.25) is 0 Å². The van der Waals surface area contributed by atoms with E-state index in [4.69, 9.17) is 0 Å². The minimum absolute atomic E-state index is 0.0163. The maximum Gasteiger partial charge on any atom is 0.252 e. The summed E-state index contributed by atoms with van der Waals surface area (Å²) in [6.45, 7) is 3.18. The lowest BCUT2D eigenvalue weighted by Gasteiger charge is -2.30. The number of nitrogens with one attached hydrogen (secondary N) is 1. The predicted octanol–water partition coefficient (Wildman–Crippen LogP) is 1.99. The first-order valence-electron chi connectivity index (χ1n) is 9.93. The highest BCUT2D eigenvalue weighted by molar-refractivity contribution is 7.88. The van der Waals surface area contributed by atoms with Crippen LogP contribution in [0.15, 0.2) is 23.1 Å². The lowest BCUT2D eigenvalue weighted by atomic mass is 10.1. The van der Waals surface area contributed by atoms with Crippen molar-refractivity contribution in [2.75, 3.05) is 24.7 Å². The van der Waals surface area contributed by atoms with E-state index in [1.54, 1.807) is 18.3 Å². The number of aromatic nitrogens is 3. The SMILES string of the molecule is C[C@H]1CCC[C@H]1n1c(=O)ccc2cnc(NC3CCN(S(C)(=O)=O)CC3)nc21. The second-order valence-corrected chi connectivity index (χ2v) is 10.1. The third-order valence-corrected chi connectivity index (χ3v) is 7.37. The maximum atomic E-state index is 12.6. The lowest BCUT2D eigenvalue weighted by Crippen LogP contribution is -2.42. The molecular formula is C19H27N5O3S. The van der Waals surface area contributed by atoms with Gasteiger partial charge in [0.05, 0.1) is 6.26 Å². The number of pyridine rings is 1. The number of piperidine rings is 1. The molecule has 2 aromatic heterocycles. The Bertz CT molecular complexity index is 1030. The van der Waals surface area contributed by atoms with Crippen LogP contribution in [0.25, 0.3) is 11.0 Å². The van der Waals surface area contributed by atoms with E-state index in [9.17, 15) is 13.2 Å². The first-order valence-corrected chi connectivity index (χ1v) is 11.8. The van der Waals surface area contributed by atoms with Crippen molar-refractivity contribution in [3.05, 3.63) is 28.7 Å². The summed E-state index contributed by atoms with van der Waals surface area (Å²) in [4.78, 5) is 21.7. The smallest absolute Gasteiger partial charge is 0.252 e. The molecule has 3 heterocycles. The summed E-state index contributed by atoms with van der Waals surface area (Å²) in [6, 6.07) is 3.68. The van der Waals surface area contributed by atoms with Crippen molar-refractivity contribution < 1.29 is 8.42 Å². The van der Waals surface area contributed by atoms with Crippen molar-refractivity contribution in [3.63, 3.8) is 0 Å². The van der Waals surface area contributed by atoms with Gasteiger partial charge in [-0.05, 0) is 37.7 Å². The molecule has 1 saturated heterocycles. The van der Waals surface area contributed by atoms with E-state index in [1.807, 2.05) is 4.57 Å². The second-order valence-electron chi connectivity index (χ2n) is 8.07. The fourth-order valence-corrected chi connectivity index (χ4v) is 5.33. The minimum Gasteiger partial charge on any atom is -0.351 e. The van der Waals surface area contributed by atoms with Gasteiger partial charge in [-0.2, -0.15) is 4.98 Å². The van der Waals surface area contributed by atoms with E-state index in [0.717, 1.165) is 24.6 Å². The molecule has 0 radical (unpaired) electrons. The van der Waals surface area contributed by atoms with E-state index in [-0.39, 0.29) is 17.6 Å². The van der Waals surface area contributed by atoms with Gasteiger partial charge in [-0.3, -0.25) is 9.36 Å². The molecule has 1 saturated carbocycles. The molecule has 1 aliphatic heterocycles. The molecule has 0 spiro atoms. The molecule has 1 N–H and O–H groups in total. The summed E-state index contributed by atoms with van der Waals surface area (Å²) in [5.74, 6) is 0.949. The topological polar surface area (TPSA) is 97.2 Å². The largest absolute Gasteiger partial charge is 0.351 e. The van der Waals surface area contributed by atoms with Crippen LogP contribution in [0.1, 0.15) is 45.1 Å². The first-order chi connectivity index (χ1) is 13.3. The van der Waals surface area contributed by atoms with Crippen molar-refractivity contribution >= 4 is 27.0 Å². The van der Waals surface area contributed by atoms with E-state index in [1.165, 1.54) is 10.6 Å². The third-order valence-electron chi connectivity index (χ3n) is 6.07. The fraction of sp³-hybridized carbons (Fsp3) is 0.632. The van der Waals surface area contributed by atoms with Crippen LogP contribution in [0.3, 0.4) is 0 Å². The van der Waals surface area contributed by atoms with Crippen LogP contribution < -0.4 is 10.9 Å². The normalized spacial score (nSPS) is 24.6. The second kappa shape index (κ2) is 7.44. The van der Waals surface area contributed by atoms with Crippen LogP contribution in [-0.2, 0) is 10.0 Å². The summed E-state index contributed by atoms with van der Waals surface area (Å²) < 4.78 is 26.7. The number of nitrogens with zero attached hydrogens (tertiary/aromatic N) is 4. The van der Waals surface area contributed by atoms with Gasteiger partial charge in [-0.25, -0.2) is 17.7 Å².